The Morgan fingerprint density at radius 2 is 2.08 bits per heavy atom. The third kappa shape index (κ3) is 3.24. The molecule has 0 aliphatic carbocycles. The highest BCUT2D eigenvalue weighted by Crippen LogP contribution is 2.35. The summed E-state index contributed by atoms with van der Waals surface area (Å²) >= 11 is 0. The molecule has 3 heterocycles. The molecule has 0 saturated carbocycles. The lowest BCUT2D eigenvalue weighted by atomic mass is 9.96. The van der Waals surface area contributed by atoms with E-state index >= 15 is 0 Å². The van der Waals surface area contributed by atoms with Gasteiger partial charge in [0.15, 0.2) is 11.5 Å². The topological polar surface area (TPSA) is 78.7 Å². The Kier molecular flexibility index (Phi) is 4.75. The number of benzene rings is 1. The number of nitrogens with zero attached hydrogens (tertiary/aromatic N) is 4. The first-order chi connectivity index (χ1) is 12.8. The van der Waals surface area contributed by atoms with Crippen molar-refractivity contribution in [2.24, 2.45) is 0 Å². The van der Waals surface area contributed by atoms with Gasteiger partial charge in [-0.2, -0.15) is 5.10 Å². The molecule has 2 aliphatic rings. The van der Waals surface area contributed by atoms with Crippen LogP contribution >= 0.6 is 0 Å². The lowest BCUT2D eigenvalue weighted by Gasteiger charge is -2.31. The molecule has 0 bridgehead atoms. The number of ether oxygens (including phenoxy) is 3. The predicted molar refractivity (Wildman–Crippen MR) is 92.5 cm³/mol. The fraction of sp³-hybridized carbons (Fsp3) is 0.500. The van der Waals surface area contributed by atoms with Crippen molar-refractivity contribution in [2.45, 2.75) is 25.7 Å². The highest BCUT2D eigenvalue weighted by Gasteiger charge is 2.27. The average Bonchev–Trinajstić information content (AvgIpc) is 3.34. The van der Waals surface area contributed by atoms with Gasteiger partial charge in [-0.05, 0) is 31.9 Å². The zero-order valence-electron chi connectivity index (χ0n) is 14.8. The van der Waals surface area contributed by atoms with E-state index in [0.717, 1.165) is 35.9 Å². The van der Waals surface area contributed by atoms with Gasteiger partial charge in [-0.15, -0.1) is 0 Å². The van der Waals surface area contributed by atoms with Gasteiger partial charge in [0.05, 0.1) is 5.69 Å². The monoisotopic (exact) mass is 358 g/mol. The SMILES string of the molecule is CCOCC(=O)N1CCC(c2ncnn2-c2ccc3c(c2)OCO3)CC1. The first-order valence-electron chi connectivity index (χ1n) is 8.91. The van der Waals surface area contributed by atoms with Gasteiger partial charge in [0.25, 0.3) is 0 Å². The van der Waals surface area contributed by atoms with E-state index in [1.54, 1.807) is 6.33 Å². The van der Waals surface area contributed by atoms with Crippen molar-refractivity contribution in [3.63, 3.8) is 0 Å². The van der Waals surface area contributed by atoms with E-state index in [-0.39, 0.29) is 25.2 Å². The molecule has 4 rings (SSSR count). The van der Waals surface area contributed by atoms with Crippen molar-refractivity contribution in [3.05, 3.63) is 30.4 Å². The average molecular weight is 358 g/mol. The standard InChI is InChI=1S/C18H22N4O4/c1-2-24-10-17(23)21-7-5-13(6-8-21)18-19-11-20-22(18)14-3-4-15-16(9-14)26-12-25-15/h3-4,9,11,13H,2,5-8,10,12H2,1H3. The smallest absolute Gasteiger partial charge is 0.248 e. The van der Waals surface area contributed by atoms with Crippen molar-refractivity contribution in [3.8, 4) is 17.2 Å². The first-order valence-corrected chi connectivity index (χ1v) is 8.91. The summed E-state index contributed by atoms with van der Waals surface area (Å²) in [5.74, 6) is 2.71. The lowest BCUT2D eigenvalue weighted by molar-refractivity contribution is -0.137. The second-order valence-corrected chi connectivity index (χ2v) is 6.36. The summed E-state index contributed by atoms with van der Waals surface area (Å²) < 4.78 is 17.9. The zero-order valence-corrected chi connectivity index (χ0v) is 14.8. The van der Waals surface area contributed by atoms with Crippen LogP contribution in [0, 0.1) is 0 Å². The number of fused-ring (bicyclic) bond motifs is 1. The third-order valence-electron chi connectivity index (χ3n) is 4.82. The van der Waals surface area contributed by atoms with Crippen LogP contribution in [0.15, 0.2) is 24.5 Å². The lowest BCUT2D eigenvalue weighted by Crippen LogP contribution is -2.40. The molecular weight excluding hydrogens is 336 g/mol. The number of aromatic nitrogens is 3. The van der Waals surface area contributed by atoms with Crippen molar-refractivity contribution in [1.82, 2.24) is 19.7 Å². The van der Waals surface area contributed by atoms with Crippen molar-refractivity contribution >= 4 is 5.91 Å². The largest absolute Gasteiger partial charge is 0.454 e. The summed E-state index contributed by atoms with van der Waals surface area (Å²) in [5.41, 5.74) is 0.900. The molecule has 2 aliphatic heterocycles. The highest BCUT2D eigenvalue weighted by molar-refractivity contribution is 5.77. The summed E-state index contributed by atoms with van der Waals surface area (Å²) in [7, 11) is 0. The molecule has 1 fully saturated rings. The molecule has 1 aromatic carbocycles. The van der Waals surface area contributed by atoms with E-state index in [4.69, 9.17) is 14.2 Å². The molecule has 0 radical (unpaired) electrons. The van der Waals surface area contributed by atoms with Crippen LogP contribution in [0.25, 0.3) is 5.69 Å². The van der Waals surface area contributed by atoms with Gasteiger partial charge in [0, 0.05) is 31.7 Å². The highest BCUT2D eigenvalue weighted by atomic mass is 16.7. The minimum absolute atomic E-state index is 0.0579. The molecule has 0 unspecified atom stereocenters. The maximum Gasteiger partial charge on any atom is 0.248 e. The molecule has 1 aromatic heterocycles. The van der Waals surface area contributed by atoms with Crippen LogP contribution < -0.4 is 9.47 Å². The van der Waals surface area contributed by atoms with Crippen LogP contribution in [-0.2, 0) is 9.53 Å². The first kappa shape index (κ1) is 16.8. The van der Waals surface area contributed by atoms with Crippen LogP contribution in [0.4, 0.5) is 0 Å². The van der Waals surface area contributed by atoms with Gasteiger partial charge >= 0.3 is 0 Å². The summed E-state index contributed by atoms with van der Waals surface area (Å²) in [6.45, 7) is 4.28. The van der Waals surface area contributed by atoms with Gasteiger partial charge in [-0.1, -0.05) is 0 Å². The van der Waals surface area contributed by atoms with E-state index in [2.05, 4.69) is 10.1 Å². The summed E-state index contributed by atoms with van der Waals surface area (Å²) in [6.07, 6.45) is 3.30. The molecule has 0 N–H and O–H groups in total. The number of amides is 1. The van der Waals surface area contributed by atoms with E-state index in [1.807, 2.05) is 34.7 Å². The number of likely N-dealkylation sites (tertiary alicyclic amines) is 1. The minimum Gasteiger partial charge on any atom is -0.454 e. The Morgan fingerprint density at radius 3 is 2.88 bits per heavy atom. The van der Waals surface area contributed by atoms with Crippen molar-refractivity contribution < 1.29 is 19.0 Å². The number of rotatable bonds is 5. The van der Waals surface area contributed by atoms with Crippen LogP contribution in [0.1, 0.15) is 31.5 Å². The molecule has 8 heteroatoms. The van der Waals surface area contributed by atoms with E-state index < -0.39 is 0 Å². The van der Waals surface area contributed by atoms with Gasteiger partial charge in [0.1, 0.15) is 18.8 Å². The Morgan fingerprint density at radius 1 is 1.27 bits per heavy atom. The van der Waals surface area contributed by atoms with Gasteiger partial charge in [-0.3, -0.25) is 4.79 Å². The van der Waals surface area contributed by atoms with E-state index in [1.165, 1.54) is 0 Å². The van der Waals surface area contributed by atoms with Crippen molar-refractivity contribution in [1.29, 1.82) is 0 Å². The Bertz CT molecular complexity index is 783. The maximum absolute atomic E-state index is 12.1. The quantitative estimate of drug-likeness (QED) is 0.810. The Hall–Kier alpha value is -2.61. The van der Waals surface area contributed by atoms with Crippen molar-refractivity contribution in [2.75, 3.05) is 33.1 Å². The fourth-order valence-corrected chi connectivity index (χ4v) is 3.41. The van der Waals surface area contributed by atoms with E-state index in [0.29, 0.717) is 19.7 Å². The summed E-state index contributed by atoms with van der Waals surface area (Å²) in [6, 6.07) is 5.76. The number of carbonyl (C=O) groups is 1. The molecular formula is C18H22N4O4. The minimum atomic E-state index is 0.0579. The Balaban J connectivity index is 1.46. The van der Waals surface area contributed by atoms with Crippen LogP contribution in [0.5, 0.6) is 11.5 Å². The molecule has 0 atom stereocenters. The molecule has 0 spiro atoms. The van der Waals surface area contributed by atoms with Crippen LogP contribution in [0.2, 0.25) is 0 Å². The Labute approximate surface area is 151 Å². The fourth-order valence-electron chi connectivity index (χ4n) is 3.41. The zero-order chi connectivity index (χ0) is 17.9. The molecule has 26 heavy (non-hydrogen) atoms. The van der Waals surface area contributed by atoms with E-state index in [9.17, 15) is 4.79 Å². The number of hydrogen-bond donors (Lipinski definition) is 0. The van der Waals surface area contributed by atoms with Crippen LogP contribution in [-0.4, -0.2) is 58.7 Å². The van der Waals surface area contributed by atoms with Crippen LogP contribution in [0.3, 0.4) is 0 Å². The molecule has 8 nitrogen and oxygen atoms in total. The summed E-state index contributed by atoms with van der Waals surface area (Å²) in [4.78, 5) is 18.4. The number of hydrogen-bond acceptors (Lipinski definition) is 6. The number of carbonyl (C=O) groups excluding carboxylic acids is 1. The molecule has 2 aromatic rings. The van der Waals surface area contributed by atoms with Gasteiger partial charge < -0.3 is 19.1 Å². The maximum atomic E-state index is 12.1. The second-order valence-electron chi connectivity index (χ2n) is 6.36. The van der Waals surface area contributed by atoms with Gasteiger partial charge in [0.2, 0.25) is 12.7 Å². The second kappa shape index (κ2) is 7.33. The van der Waals surface area contributed by atoms with Gasteiger partial charge in [-0.25, -0.2) is 9.67 Å². The molecule has 138 valence electrons. The predicted octanol–water partition coefficient (Wildman–Crippen LogP) is 1.74. The molecule has 1 amide bonds. The molecule has 1 saturated heterocycles. The number of piperidine rings is 1. The normalized spacial score (nSPS) is 16.9. The summed E-state index contributed by atoms with van der Waals surface area (Å²) in [5, 5.41) is 4.39. The third-order valence-corrected chi connectivity index (χ3v) is 4.82.